The molecule has 0 fully saturated rings. The molecule has 6 N–H and O–H groups in total. The second-order valence-electron chi connectivity index (χ2n) is 8.50. The predicted molar refractivity (Wildman–Crippen MR) is 139 cm³/mol. The molecule has 3 aromatic carbocycles. The molecule has 0 bridgehead atoms. The standard InChI is InChI=1S/C28H27N3O7/c29-26(30)20-10-9-19(14-23(32)28(36)37)24(15-20)38-16-22(11-12-25(33)34)31-27(35)21-8-4-7-18(13-21)17-5-2-1-3-6-17/h1-10,13,15,22H,11-12,14,16H2,(H3,29,30)(H,31,35)(H,33,34)(H,36,37). The molecule has 10 heteroatoms. The summed E-state index contributed by atoms with van der Waals surface area (Å²) in [6.07, 6.45) is -0.646. The lowest BCUT2D eigenvalue weighted by atomic mass is 10.0. The number of amides is 1. The Kier molecular flexibility index (Phi) is 9.31. The number of carboxylic acids is 2. The van der Waals surface area contributed by atoms with Crippen molar-refractivity contribution in [1.82, 2.24) is 5.32 Å². The van der Waals surface area contributed by atoms with Crippen molar-refractivity contribution in [2.45, 2.75) is 25.3 Å². The van der Waals surface area contributed by atoms with Crippen molar-refractivity contribution in [3.8, 4) is 16.9 Å². The highest BCUT2D eigenvalue weighted by molar-refractivity contribution is 6.33. The second-order valence-corrected chi connectivity index (χ2v) is 8.50. The molecule has 3 rings (SSSR count). The van der Waals surface area contributed by atoms with Crippen LogP contribution in [0, 0.1) is 5.41 Å². The Balaban J connectivity index is 1.80. The maximum absolute atomic E-state index is 13.1. The van der Waals surface area contributed by atoms with Crippen molar-refractivity contribution in [1.29, 1.82) is 5.41 Å². The number of amidine groups is 1. The Labute approximate surface area is 218 Å². The van der Waals surface area contributed by atoms with Crippen molar-refractivity contribution in [2.75, 3.05) is 6.61 Å². The molecule has 0 aromatic heterocycles. The van der Waals surface area contributed by atoms with E-state index in [4.69, 9.17) is 26.1 Å². The highest BCUT2D eigenvalue weighted by Gasteiger charge is 2.20. The summed E-state index contributed by atoms with van der Waals surface area (Å²) in [6.45, 7) is -0.174. The SMILES string of the molecule is N=C(N)c1ccc(CC(=O)C(=O)O)c(OCC(CCC(=O)O)NC(=O)c2cccc(-c3ccccc3)c2)c1. The van der Waals surface area contributed by atoms with Gasteiger partial charge in [-0.2, -0.15) is 0 Å². The molecule has 196 valence electrons. The van der Waals surface area contributed by atoms with Gasteiger partial charge in [0.15, 0.2) is 0 Å². The number of benzene rings is 3. The molecule has 0 aliphatic heterocycles. The van der Waals surface area contributed by atoms with Crippen molar-refractivity contribution in [3.63, 3.8) is 0 Å². The van der Waals surface area contributed by atoms with Crippen LogP contribution in [0.5, 0.6) is 5.75 Å². The van der Waals surface area contributed by atoms with Gasteiger partial charge in [0.25, 0.3) is 5.91 Å². The third-order valence-corrected chi connectivity index (χ3v) is 5.68. The van der Waals surface area contributed by atoms with Gasteiger partial charge in [-0.15, -0.1) is 0 Å². The number of Topliss-reactive ketones (excluding diaryl/α,β-unsaturated/α-hetero) is 1. The van der Waals surface area contributed by atoms with Gasteiger partial charge in [0, 0.05) is 29.5 Å². The molecule has 1 atom stereocenters. The van der Waals surface area contributed by atoms with Gasteiger partial charge in [0.1, 0.15) is 18.2 Å². The van der Waals surface area contributed by atoms with E-state index in [2.05, 4.69) is 5.32 Å². The van der Waals surface area contributed by atoms with Crippen LogP contribution < -0.4 is 15.8 Å². The zero-order valence-electron chi connectivity index (χ0n) is 20.3. The Hall–Kier alpha value is -4.99. The zero-order valence-corrected chi connectivity index (χ0v) is 20.3. The van der Waals surface area contributed by atoms with Crippen LogP contribution in [0.2, 0.25) is 0 Å². The van der Waals surface area contributed by atoms with E-state index in [1.807, 2.05) is 36.4 Å². The van der Waals surface area contributed by atoms with Crippen LogP contribution in [0.25, 0.3) is 11.1 Å². The molecule has 0 aliphatic rings. The van der Waals surface area contributed by atoms with Gasteiger partial charge < -0.3 is 26.0 Å². The number of nitrogen functional groups attached to an aromatic ring is 1. The Morgan fingerprint density at radius 1 is 0.895 bits per heavy atom. The van der Waals surface area contributed by atoms with Gasteiger partial charge in [0.2, 0.25) is 5.78 Å². The highest BCUT2D eigenvalue weighted by atomic mass is 16.5. The number of hydrogen-bond acceptors (Lipinski definition) is 6. The summed E-state index contributed by atoms with van der Waals surface area (Å²) >= 11 is 0. The number of aliphatic carboxylic acids is 2. The number of carbonyl (C=O) groups is 4. The van der Waals surface area contributed by atoms with Crippen LogP contribution in [0.1, 0.15) is 34.3 Å². The quantitative estimate of drug-likeness (QED) is 0.130. The second kappa shape index (κ2) is 12.8. The number of hydrogen-bond donors (Lipinski definition) is 5. The third kappa shape index (κ3) is 7.76. The van der Waals surface area contributed by atoms with Crippen LogP contribution in [-0.2, 0) is 20.8 Å². The normalized spacial score (nSPS) is 11.3. The molecule has 0 aliphatic carbocycles. The van der Waals surface area contributed by atoms with E-state index in [1.165, 1.54) is 18.2 Å². The minimum atomic E-state index is -1.60. The van der Waals surface area contributed by atoms with E-state index in [1.54, 1.807) is 18.2 Å². The number of nitrogens with two attached hydrogens (primary N) is 1. The van der Waals surface area contributed by atoms with E-state index >= 15 is 0 Å². The summed E-state index contributed by atoms with van der Waals surface area (Å²) < 4.78 is 5.83. The first-order valence-electron chi connectivity index (χ1n) is 11.7. The first-order chi connectivity index (χ1) is 18.1. The largest absolute Gasteiger partial charge is 0.491 e. The van der Waals surface area contributed by atoms with Crippen molar-refractivity contribution >= 4 is 29.5 Å². The van der Waals surface area contributed by atoms with E-state index in [9.17, 15) is 19.2 Å². The van der Waals surface area contributed by atoms with Crippen LogP contribution in [0.3, 0.4) is 0 Å². The predicted octanol–water partition coefficient (Wildman–Crippen LogP) is 2.88. The summed E-state index contributed by atoms with van der Waals surface area (Å²) in [5.74, 6) is -4.30. The zero-order chi connectivity index (χ0) is 27.7. The summed E-state index contributed by atoms with van der Waals surface area (Å²) in [5, 5.41) is 28.6. The molecule has 0 heterocycles. The summed E-state index contributed by atoms with van der Waals surface area (Å²) in [6, 6.07) is 20.1. The lowest BCUT2D eigenvalue weighted by Crippen LogP contribution is -2.39. The molecule has 38 heavy (non-hydrogen) atoms. The summed E-state index contributed by atoms with van der Waals surface area (Å²) in [7, 11) is 0. The first kappa shape index (κ1) is 27.6. The number of nitrogens with one attached hydrogen (secondary N) is 2. The number of carbonyl (C=O) groups excluding carboxylic acids is 2. The third-order valence-electron chi connectivity index (χ3n) is 5.68. The van der Waals surface area contributed by atoms with E-state index in [0.29, 0.717) is 5.56 Å². The molecule has 0 spiro atoms. The van der Waals surface area contributed by atoms with Gasteiger partial charge in [-0.3, -0.25) is 19.8 Å². The lowest BCUT2D eigenvalue weighted by Gasteiger charge is -2.20. The van der Waals surface area contributed by atoms with Crippen LogP contribution in [0.4, 0.5) is 0 Å². The molecule has 3 aromatic rings. The van der Waals surface area contributed by atoms with Gasteiger partial charge in [0.05, 0.1) is 6.04 Å². The van der Waals surface area contributed by atoms with Gasteiger partial charge in [-0.1, -0.05) is 54.6 Å². The molecular weight excluding hydrogens is 490 g/mol. The molecule has 0 saturated carbocycles. The van der Waals surface area contributed by atoms with Gasteiger partial charge in [-0.25, -0.2) is 4.79 Å². The Bertz CT molecular complexity index is 1360. The Morgan fingerprint density at radius 2 is 1.61 bits per heavy atom. The van der Waals surface area contributed by atoms with Crippen molar-refractivity contribution in [2.24, 2.45) is 5.73 Å². The highest BCUT2D eigenvalue weighted by Crippen LogP contribution is 2.23. The molecule has 1 unspecified atom stereocenters. The smallest absolute Gasteiger partial charge is 0.372 e. The number of rotatable bonds is 13. The van der Waals surface area contributed by atoms with Gasteiger partial charge in [-0.05, 0) is 35.7 Å². The van der Waals surface area contributed by atoms with E-state index in [0.717, 1.165) is 11.1 Å². The van der Waals surface area contributed by atoms with Crippen LogP contribution in [-0.4, -0.2) is 52.3 Å². The van der Waals surface area contributed by atoms with E-state index in [-0.39, 0.29) is 42.2 Å². The maximum Gasteiger partial charge on any atom is 0.372 e. The average molecular weight is 518 g/mol. The maximum atomic E-state index is 13.1. The monoisotopic (exact) mass is 517 g/mol. The van der Waals surface area contributed by atoms with Gasteiger partial charge >= 0.3 is 11.9 Å². The fourth-order valence-corrected chi connectivity index (χ4v) is 3.68. The number of ketones is 1. The van der Waals surface area contributed by atoms with Crippen LogP contribution in [0.15, 0.2) is 72.8 Å². The summed E-state index contributed by atoms with van der Waals surface area (Å²) in [4.78, 5) is 47.1. The lowest BCUT2D eigenvalue weighted by molar-refractivity contribution is -0.148. The average Bonchev–Trinajstić information content (AvgIpc) is 2.91. The Morgan fingerprint density at radius 3 is 2.26 bits per heavy atom. The van der Waals surface area contributed by atoms with Crippen LogP contribution >= 0.6 is 0 Å². The molecule has 0 saturated heterocycles. The first-order valence-corrected chi connectivity index (χ1v) is 11.7. The molecule has 0 radical (unpaired) electrons. The minimum Gasteiger partial charge on any atom is -0.491 e. The molecule has 10 nitrogen and oxygen atoms in total. The molecule has 1 amide bonds. The fourth-order valence-electron chi connectivity index (χ4n) is 3.68. The topological polar surface area (TPSA) is 180 Å². The minimum absolute atomic E-state index is 0.0508. The molecular formula is C28H27N3O7. The number of ether oxygens (including phenoxy) is 1. The number of carboxylic acid groups (broad SMARTS) is 2. The fraction of sp³-hybridized carbons (Fsp3) is 0.179. The van der Waals surface area contributed by atoms with Crippen molar-refractivity contribution in [3.05, 3.63) is 89.5 Å². The summed E-state index contributed by atoms with van der Waals surface area (Å²) in [5.41, 5.74) is 8.23. The van der Waals surface area contributed by atoms with E-state index < -0.39 is 36.1 Å². The van der Waals surface area contributed by atoms with Crippen molar-refractivity contribution < 1.29 is 34.1 Å².